The van der Waals surface area contributed by atoms with Crippen molar-refractivity contribution < 1.29 is 9.32 Å². The summed E-state index contributed by atoms with van der Waals surface area (Å²) in [6.07, 6.45) is 6.10. The van der Waals surface area contributed by atoms with E-state index in [1.807, 2.05) is 53.6 Å². The van der Waals surface area contributed by atoms with Crippen molar-refractivity contribution in [3.05, 3.63) is 88.1 Å². The largest absolute Gasteiger partial charge is 0.361 e. The minimum absolute atomic E-state index is 0.0372. The lowest BCUT2D eigenvalue weighted by atomic mass is 10.1. The van der Waals surface area contributed by atoms with Gasteiger partial charge >= 0.3 is 0 Å². The first-order chi connectivity index (χ1) is 16.1. The van der Waals surface area contributed by atoms with Crippen LogP contribution in [0.3, 0.4) is 0 Å². The third-order valence-electron chi connectivity index (χ3n) is 5.84. The van der Waals surface area contributed by atoms with Crippen molar-refractivity contribution in [3.63, 3.8) is 0 Å². The predicted octanol–water partition coefficient (Wildman–Crippen LogP) is 4.26. The van der Waals surface area contributed by atoms with E-state index in [1.54, 1.807) is 6.08 Å². The number of aromatic amines is 1. The van der Waals surface area contributed by atoms with Crippen molar-refractivity contribution >= 4 is 38.8 Å². The zero-order valence-electron chi connectivity index (χ0n) is 18.1. The summed E-state index contributed by atoms with van der Waals surface area (Å²) in [4.78, 5) is 24.5. The highest BCUT2D eigenvalue weighted by atomic mass is 79.9. The van der Waals surface area contributed by atoms with E-state index in [0.29, 0.717) is 37.8 Å². The molecule has 1 amide bonds. The van der Waals surface area contributed by atoms with Crippen molar-refractivity contribution in [1.82, 2.24) is 24.9 Å². The number of hydrogen-bond donors (Lipinski definition) is 1. The molecule has 2 aromatic carbocycles. The van der Waals surface area contributed by atoms with Gasteiger partial charge in [0, 0.05) is 53.8 Å². The fraction of sp³-hybridized carbons (Fsp3) is 0.240. The molecular weight excluding hydrogens is 482 g/mol. The molecule has 1 aliphatic rings. The smallest absolute Gasteiger partial charge is 0.246 e. The van der Waals surface area contributed by atoms with Crippen LogP contribution in [0.2, 0.25) is 0 Å². The van der Waals surface area contributed by atoms with Crippen LogP contribution in [0.1, 0.15) is 22.8 Å². The molecule has 0 aliphatic carbocycles. The second-order valence-corrected chi connectivity index (χ2v) is 9.05. The Morgan fingerprint density at radius 3 is 2.82 bits per heavy atom. The van der Waals surface area contributed by atoms with E-state index in [-0.39, 0.29) is 5.91 Å². The first-order valence-electron chi connectivity index (χ1n) is 11.0. The predicted molar refractivity (Wildman–Crippen MR) is 130 cm³/mol. The standard InChI is InChI=1S/C25H24BrN5O2/c26-20-5-3-4-18(14-20)8-9-25(32)31-12-10-30(11-13-31)17-23-28-24(33-29-23)15-19-16-27-22-7-2-1-6-21(19)22/h1-9,14,16,27H,10-13,15,17H2/b9-8+. The van der Waals surface area contributed by atoms with Gasteiger partial charge in [0.2, 0.25) is 11.8 Å². The Balaban J connectivity index is 1.13. The van der Waals surface area contributed by atoms with Gasteiger partial charge in [0.25, 0.3) is 0 Å². The van der Waals surface area contributed by atoms with Crippen molar-refractivity contribution in [3.8, 4) is 0 Å². The summed E-state index contributed by atoms with van der Waals surface area (Å²) in [5.41, 5.74) is 3.24. The monoisotopic (exact) mass is 505 g/mol. The number of benzene rings is 2. The first kappa shape index (κ1) is 21.6. The van der Waals surface area contributed by atoms with Gasteiger partial charge in [0.1, 0.15) is 0 Å². The van der Waals surface area contributed by atoms with Crippen LogP contribution in [-0.2, 0) is 17.8 Å². The van der Waals surface area contributed by atoms with E-state index in [4.69, 9.17) is 4.52 Å². The molecule has 1 N–H and O–H groups in total. The number of amides is 1. The SMILES string of the molecule is O=C(/C=C/c1cccc(Br)c1)N1CCN(Cc2noc(Cc3c[nH]c4ccccc34)n2)CC1. The number of aromatic nitrogens is 3. The molecule has 3 heterocycles. The number of carbonyl (C=O) groups is 1. The fourth-order valence-corrected chi connectivity index (χ4v) is 4.49. The number of nitrogens with one attached hydrogen (secondary N) is 1. The van der Waals surface area contributed by atoms with Gasteiger partial charge in [-0.05, 0) is 35.4 Å². The summed E-state index contributed by atoms with van der Waals surface area (Å²) in [7, 11) is 0. The maximum absolute atomic E-state index is 12.5. The van der Waals surface area contributed by atoms with Crippen LogP contribution in [0.4, 0.5) is 0 Å². The van der Waals surface area contributed by atoms with E-state index in [0.717, 1.165) is 34.2 Å². The molecule has 2 aromatic heterocycles. The Labute approximate surface area is 200 Å². The molecule has 5 rings (SSSR count). The van der Waals surface area contributed by atoms with Gasteiger partial charge in [-0.1, -0.05) is 51.4 Å². The van der Waals surface area contributed by atoms with E-state index < -0.39 is 0 Å². The van der Waals surface area contributed by atoms with Crippen molar-refractivity contribution in [2.45, 2.75) is 13.0 Å². The van der Waals surface area contributed by atoms with E-state index in [1.165, 1.54) is 5.39 Å². The zero-order valence-corrected chi connectivity index (χ0v) is 19.7. The maximum atomic E-state index is 12.5. The number of carbonyl (C=O) groups excluding carboxylic acids is 1. The number of piperazine rings is 1. The number of nitrogens with zero attached hydrogens (tertiary/aromatic N) is 4. The van der Waals surface area contributed by atoms with Crippen LogP contribution in [-0.4, -0.2) is 57.0 Å². The molecular formula is C25H24BrN5O2. The highest BCUT2D eigenvalue weighted by Crippen LogP contribution is 2.20. The van der Waals surface area contributed by atoms with Crippen molar-refractivity contribution in [2.75, 3.05) is 26.2 Å². The van der Waals surface area contributed by atoms with Crippen LogP contribution >= 0.6 is 15.9 Å². The van der Waals surface area contributed by atoms with Crippen LogP contribution < -0.4 is 0 Å². The highest BCUT2D eigenvalue weighted by Gasteiger charge is 2.21. The van der Waals surface area contributed by atoms with E-state index in [9.17, 15) is 4.79 Å². The number of para-hydroxylation sites is 1. The molecule has 33 heavy (non-hydrogen) atoms. The Bertz CT molecular complexity index is 1290. The van der Waals surface area contributed by atoms with Gasteiger partial charge in [-0.3, -0.25) is 9.69 Å². The third kappa shape index (κ3) is 5.23. The summed E-state index contributed by atoms with van der Waals surface area (Å²) in [5, 5.41) is 5.33. The van der Waals surface area contributed by atoms with Gasteiger partial charge in [0.05, 0.1) is 13.0 Å². The molecule has 0 atom stereocenters. The number of H-pyrrole nitrogens is 1. The van der Waals surface area contributed by atoms with E-state index >= 15 is 0 Å². The molecule has 168 valence electrons. The second kappa shape index (κ2) is 9.72. The second-order valence-electron chi connectivity index (χ2n) is 8.13. The minimum Gasteiger partial charge on any atom is -0.361 e. The summed E-state index contributed by atoms with van der Waals surface area (Å²) < 4.78 is 6.49. The summed E-state index contributed by atoms with van der Waals surface area (Å²) in [5.74, 6) is 1.33. The highest BCUT2D eigenvalue weighted by molar-refractivity contribution is 9.10. The number of fused-ring (bicyclic) bond motifs is 1. The molecule has 8 heteroatoms. The topological polar surface area (TPSA) is 78.3 Å². The third-order valence-corrected chi connectivity index (χ3v) is 6.34. The van der Waals surface area contributed by atoms with Crippen molar-refractivity contribution in [2.24, 2.45) is 0 Å². The Morgan fingerprint density at radius 1 is 1.12 bits per heavy atom. The van der Waals surface area contributed by atoms with Crippen LogP contribution in [0, 0.1) is 0 Å². The van der Waals surface area contributed by atoms with E-state index in [2.05, 4.69) is 48.1 Å². The van der Waals surface area contributed by atoms with Gasteiger partial charge in [-0.2, -0.15) is 4.98 Å². The summed E-state index contributed by atoms with van der Waals surface area (Å²) >= 11 is 3.45. The normalized spacial score (nSPS) is 15.0. The fourth-order valence-electron chi connectivity index (χ4n) is 4.08. The van der Waals surface area contributed by atoms with Crippen LogP contribution in [0.15, 0.2) is 69.8 Å². The van der Waals surface area contributed by atoms with Gasteiger partial charge in [-0.15, -0.1) is 0 Å². The average Bonchev–Trinajstić information content (AvgIpc) is 3.45. The molecule has 0 unspecified atom stereocenters. The molecule has 1 aliphatic heterocycles. The number of hydrogen-bond acceptors (Lipinski definition) is 5. The zero-order chi connectivity index (χ0) is 22.6. The van der Waals surface area contributed by atoms with Gasteiger partial charge < -0.3 is 14.4 Å². The summed E-state index contributed by atoms with van der Waals surface area (Å²) in [6, 6.07) is 16.1. The molecule has 0 spiro atoms. The van der Waals surface area contributed by atoms with Crippen LogP contribution in [0.5, 0.6) is 0 Å². The molecule has 0 radical (unpaired) electrons. The lowest BCUT2D eigenvalue weighted by Gasteiger charge is -2.33. The summed E-state index contributed by atoms with van der Waals surface area (Å²) in [6.45, 7) is 3.54. The maximum Gasteiger partial charge on any atom is 0.246 e. The first-order valence-corrected chi connectivity index (χ1v) is 11.7. The molecule has 4 aromatic rings. The Kier molecular flexibility index (Phi) is 6.37. The quantitative estimate of drug-likeness (QED) is 0.396. The van der Waals surface area contributed by atoms with Crippen molar-refractivity contribution in [1.29, 1.82) is 0 Å². The molecule has 1 fully saturated rings. The van der Waals surface area contributed by atoms with Gasteiger partial charge in [0.15, 0.2) is 5.82 Å². The lowest BCUT2D eigenvalue weighted by Crippen LogP contribution is -2.47. The molecule has 0 saturated carbocycles. The Morgan fingerprint density at radius 2 is 1.97 bits per heavy atom. The molecule has 1 saturated heterocycles. The Hall–Kier alpha value is -3.23. The average molecular weight is 506 g/mol. The minimum atomic E-state index is 0.0372. The lowest BCUT2D eigenvalue weighted by molar-refractivity contribution is -0.127. The molecule has 7 nitrogen and oxygen atoms in total. The van der Waals surface area contributed by atoms with Gasteiger partial charge in [-0.25, -0.2) is 0 Å². The van der Waals surface area contributed by atoms with Crippen LogP contribution in [0.25, 0.3) is 17.0 Å². The number of rotatable bonds is 6. The molecule has 0 bridgehead atoms. The number of halogens is 1.